The lowest BCUT2D eigenvalue weighted by Gasteiger charge is -2.59. The van der Waals surface area contributed by atoms with Crippen molar-refractivity contribution >= 4 is 0 Å². The van der Waals surface area contributed by atoms with Gasteiger partial charge in [-0.25, -0.2) is 0 Å². The number of rotatable bonds is 5. The Morgan fingerprint density at radius 2 is 1.81 bits per heavy atom. The molecule has 0 aromatic heterocycles. The summed E-state index contributed by atoms with van der Waals surface area (Å²) in [5, 5.41) is 52.2. The number of nitrogens with zero attached hydrogens (tertiary/aromatic N) is 1. The highest BCUT2D eigenvalue weighted by atomic mass is 16.7. The quantitative estimate of drug-likeness (QED) is 0.309. The topological polar surface area (TPSA) is 123 Å². The van der Waals surface area contributed by atoms with Crippen molar-refractivity contribution in [3.8, 4) is 0 Å². The van der Waals surface area contributed by atoms with Crippen molar-refractivity contribution in [1.82, 2.24) is 4.90 Å². The molecule has 42 heavy (non-hydrogen) atoms. The standard InChI is InChI=1S/C34H57NO7/c1-19(25-8-6-5-7-15-35(25)4)24-17-26(37)28-22-10-9-20-16-21(11-13-33(20,2)23(22)12-14-34(24,28)3)41-32-31(40)30(39)29(38)27(18-36)42-32/h9,19,21-32,36-40H,5-8,10-18H2,1-4H3. The summed E-state index contributed by atoms with van der Waals surface area (Å²) in [6.45, 7) is 8.19. The van der Waals surface area contributed by atoms with E-state index in [0.29, 0.717) is 35.6 Å². The minimum absolute atomic E-state index is 0.0738. The van der Waals surface area contributed by atoms with Crippen LogP contribution in [0.5, 0.6) is 0 Å². The molecule has 8 heteroatoms. The maximum atomic E-state index is 11.7. The summed E-state index contributed by atoms with van der Waals surface area (Å²) in [5.41, 5.74) is 1.67. The third-order valence-corrected chi connectivity index (χ3v) is 13.6. The minimum atomic E-state index is -1.42. The van der Waals surface area contributed by atoms with E-state index in [9.17, 15) is 25.5 Å². The fourth-order valence-corrected chi connectivity index (χ4v) is 11.3. The Labute approximate surface area is 252 Å². The van der Waals surface area contributed by atoms with Gasteiger partial charge in [-0.05, 0) is 112 Å². The Balaban J connectivity index is 1.16. The van der Waals surface area contributed by atoms with Gasteiger partial charge in [-0.15, -0.1) is 0 Å². The normalized spacial score (nSPS) is 52.5. The number of hydrogen-bond donors (Lipinski definition) is 5. The van der Waals surface area contributed by atoms with Crippen molar-refractivity contribution in [2.24, 2.45) is 40.4 Å². The highest BCUT2D eigenvalue weighted by molar-refractivity contribution is 5.26. The summed E-state index contributed by atoms with van der Waals surface area (Å²) in [6, 6.07) is 0.618. The molecule has 240 valence electrons. The van der Waals surface area contributed by atoms with Crippen LogP contribution in [0.2, 0.25) is 0 Å². The van der Waals surface area contributed by atoms with Crippen LogP contribution in [0.4, 0.5) is 0 Å². The Kier molecular flexibility index (Phi) is 8.95. The van der Waals surface area contributed by atoms with Crippen molar-refractivity contribution in [2.75, 3.05) is 20.2 Å². The SMILES string of the molecule is CC(C1CCCCCN1C)C1CC(O)C2C3CC=C4CC(OC5OC(CO)C(O)C(O)C5O)CCC4(C)C3CCC12C. The fourth-order valence-electron chi connectivity index (χ4n) is 11.3. The third kappa shape index (κ3) is 5.14. The number of ether oxygens (including phenoxy) is 2. The van der Waals surface area contributed by atoms with Crippen LogP contribution in [0.25, 0.3) is 0 Å². The first-order valence-corrected chi connectivity index (χ1v) is 17.0. The molecule has 3 saturated carbocycles. The molecule has 6 rings (SSSR count). The van der Waals surface area contributed by atoms with Crippen LogP contribution in [0.15, 0.2) is 11.6 Å². The zero-order valence-electron chi connectivity index (χ0n) is 26.3. The van der Waals surface area contributed by atoms with Crippen molar-refractivity contribution in [3.63, 3.8) is 0 Å². The van der Waals surface area contributed by atoms with E-state index in [1.165, 1.54) is 50.6 Å². The van der Waals surface area contributed by atoms with E-state index in [-0.39, 0.29) is 23.0 Å². The van der Waals surface area contributed by atoms with Gasteiger partial charge in [0.1, 0.15) is 24.4 Å². The molecule has 0 amide bonds. The zero-order chi connectivity index (χ0) is 30.0. The van der Waals surface area contributed by atoms with E-state index in [1.807, 2.05) is 0 Å². The molecule has 5 fully saturated rings. The molecule has 0 bridgehead atoms. The summed E-state index contributed by atoms with van der Waals surface area (Å²) < 4.78 is 11.9. The van der Waals surface area contributed by atoms with Gasteiger partial charge in [0.15, 0.2) is 6.29 Å². The number of aliphatic hydroxyl groups excluding tert-OH is 5. The molecule has 2 aliphatic heterocycles. The van der Waals surface area contributed by atoms with Gasteiger partial charge in [0.25, 0.3) is 0 Å². The molecule has 0 aromatic carbocycles. The number of allylic oxidation sites excluding steroid dienone is 1. The summed E-state index contributed by atoms with van der Waals surface area (Å²) in [7, 11) is 2.32. The molecule has 15 unspecified atom stereocenters. The molecule has 0 aromatic rings. The van der Waals surface area contributed by atoms with Gasteiger partial charge < -0.3 is 39.9 Å². The van der Waals surface area contributed by atoms with Gasteiger partial charge >= 0.3 is 0 Å². The van der Waals surface area contributed by atoms with Crippen molar-refractivity contribution < 1.29 is 35.0 Å². The van der Waals surface area contributed by atoms with E-state index in [4.69, 9.17) is 9.47 Å². The predicted molar refractivity (Wildman–Crippen MR) is 159 cm³/mol. The number of aliphatic hydroxyl groups is 5. The molecular formula is C34H57NO7. The van der Waals surface area contributed by atoms with E-state index in [0.717, 1.165) is 32.1 Å². The molecule has 8 nitrogen and oxygen atoms in total. The fraction of sp³-hybridized carbons (Fsp3) is 0.941. The lowest BCUT2D eigenvalue weighted by atomic mass is 9.46. The molecule has 0 radical (unpaired) electrons. The Bertz CT molecular complexity index is 991. The summed E-state index contributed by atoms with van der Waals surface area (Å²) >= 11 is 0. The number of likely N-dealkylation sites (tertiary alicyclic amines) is 1. The Morgan fingerprint density at radius 1 is 1.02 bits per heavy atom. The number of hydrogen-bond acceptors (Lipinski definition) is 8. The first-order chi connectivity index (χ1) is 20.0. The molecule has 0 spiro atoms. The largest absolute Gasteiger partial charge is 0.394 e. The highest BCUT2D eigenvalue weighted by Crippen LogP contribution is 2.67. The van der Waals surface area contributed by atoms with Crippen LogP contribution in [-0.4, -0.2) is 99.6 Å². The first kappa shape index (κ1) is 31.4. The average Bonchev–Trinajstić information content (AvgIpc) is 3.08. The second-order valence-electron chi connectivity index (χ2n) is 15.6. The third-order valence-electron chi connectivity index (χ3n) is 13.6. The summed E-state index contributed by atoms with van der Waals surface area (Å²) in [5.74, 6) is 2.55. The van der Waals surface area contributed by atoms with Crippen LogP contribution in [-0.2, 0) is 9.47 Å². The van der Waals surface area contributed by atoms with Crippen LogP contribution in [0.3, 0.4) is 0 Å². The molecule has 6 aliphatic rings. The van der Waals surface area contributed by atoms with Crippen molar-refractivity contribution in [1.29, 1.82) is 0 Å². The minimum Gasteiger partial charge on any atom is -0.394 e. The Morgan fingerprint density at radius 3 is 2.57 bits per heavy atom. The van der Waals surface area contributed by atoms with Gasteiger partial charge in [-0.1, -0.05) is 45.3 Å². The van der Waals surface area contributed by atoms with Gasteiger partial charge in [-0.2, -0.15) is 0 Å². The van der Waals surface area contributed by atoms with Crippen LogP contribution < -0.4 is 0 Å². The van der Waals surface area contributed by atoms with E-state index in [1.54, 1.807) is 0 Å². The lowest BCUT2D eigenvalue weighted by Crippen LogP contribution is -2.60. The van der Waals surface area contributed by atoms with Gasteiger partial charge in [-0.3, -0.25) is 0 Å². The average molecular weight is 592 g/mol. The Hall–Kier alpha value is -0.580. The van der Waals surface area contributed by atoms with Crippen LogP contribution >= 0.6 is 0 Å². The van der Waals surface area contributed by atoms with E-state index >= 15 is 0 Å². The summed E-state index contributed by atoms with van der Waals surface area (Å²) in [6.07, 6.45) is 8.01. The molecule has 2 heterocycles. The second kappa shape index (κ2) is 12.0. The smallest absolute Gasteiger partial charge is 0.186 e. The summed E-state index contributed by atoms with van der Waals surface area (Å²) in [4.78, 5) is 2.62. The number of fused-ring (bicyclic) bond motifs is 5. The maximum Gasteiger partial charge on any atom is 0.186 e. The van der Waals surface area contributed by atoms with E-state index in [2.05, 4.69) is 38.8 Å². The monoisotopic (exact) mass is 591 g/mol. The molecule has 2 saturated heterocycles. The first-order valence-electron chi connectivity index (χ1n) is 17.0. The molecule has 5 N–H and O–H groups in total. The molecule has 4 aliphatic carbocycles. The van der Waals surface area contributed by atoms with E-state index < -0.39 is 37.3 Å². The van der Waals surface area contributed by atoms with Crippen molar-refractivity contribution in [3.05, 3.63) is 11.6 Å². The van der Waals surface area contributed by atoms with Crippen molar-refractivity contribution in [2.45, 2.75) is 140 Å². The van der Waals surface area contributed by atoms with Crippen LogP contribution in [0, 0.1) is 40.4 Å². The zero-order valence-corrected chi connectivity index (χ0v) is 26.3. The van der Waals surface area contributed by atoms with Gasteiger partial charge in [0, 0.05) is 6.04 Å². The van der Waals surface area contributed by atoms with Gasteiger partial charge in [0.05, 0.1) is 18.8 Å². The second-order valence-corrected chi connectivity index (χ2v) is 15.6. The molecular weight excluding hydrogens is 534 g/mol. The highest BCUT2D eigenvalue weighted by Gasteiger charge is 2.62. The molecule has 15 atom stereocenters. The maximum absolute atomic E-state index is 11.7. The lowest BCUT2D eigenvalue weighted by molar-refractivity contribution is -0.313. The predicted octanol–water partition coefficient (Wildman–Crippen LogP) is 3.23. The van der Waals surface area contributed by atoms with Crippen LogP contribution in [0.1, 0.15) is 91.4 Å². The van der Waals surface area contributed by atoms with Gasteiger partial charge in [0.2, 0.25) is 0 Å².